The van der Waals surface area contributed by atoms with E-state index in [1.807, 2.05) is 0 Å². The molecule has 0 bridgehead atoms. The van der Waals surface area contributed by atoms with Crippen LogP contribution in [0.25, 0.3) is 0 Å². The van der Waals surface area contributed by atoms with Gasteiger partial charge in [0, 0.05) is 36.5 Å². The van der Waals surface area contributed by atoms with Gasteiger partial charge in [-0.05, 0) is 44.0 Å². The van der Waals surface area contributed by atoms with Gasteiger partial charge in [-0.2, -0.15) is 4.31 Å². The smallest absolute Gasteiger partial charge is 0.410 e. The van der Waals surface area contributed by atoms with Gasteiger partial charge in [-0.3, -0.25) is 10.1 Å². The van der Waals surface area contributed by atoms with Crippen molar-refractivity contribution in [3.63, 3.8) is 0 Å². The minimum Gasteiger partial charge on any atom is -0.450 e. The summed E-state index contributed by atoms with van der Waals surface area (Å²) in [5.74, 6) is -0.368. The van der Waals surface area contributed by atoms with Gasteiger partial charge < -0.3 is 9.64 Å². The molecule has 1 aromatic heterocycles. The lowest BCUT2D eigenvalue weighted by molar-refractivity contribution is 0.102. The number of nitrogens with one attached hydrogen (secondary N) is 1. The van der Waals surface area contributed by atoms with Crippen molar-refractivity contribution in [1.29, 1.82) is 0 Å². The zero-order valence-corrected chi connectivity index (χ0v) is 19.0. The number of fused-ring (bicyclic) bond motifs is 1. The predicted octanol–water partition coefficient (Wildman–Crippen LogP) is 2.69. The van der Waals surface area contributed by atoms with E-state index in [-0.39, 0.29) is 22.9 Å². The largest absolute Gasteiger partial charge is 0.450 e. The molecule has 0 unspecified atom stereocenters. The van der Waals surface area contributed by atoms with Gasteiger partial charge in [0.15, 0.2) is 5.13 Å². The van der Waals surface area contributed by atoms with Crippen LogP contribution in [0.4, 0.5) is 9.93 Å². The third kappa shape index (κ3) is 4.58. The summed E-state index contributed by atoms with van der Waals surface area (Å²) >= 11 is 1.32. The van der Waals surface area contributed by atoms with Crippen LogP contribution in [0.5, 0.6) is 0 Å². The van der Waals surface area contributed by atoms with E-state index < -0.39 is 10.0 Å². The molecule has 1 aromatic carbocycles. The van der Waals surface area contributed by atoms with Crippen molar-refractivity contribution in [2.75, 3.05) is 25.5 Å². The number of ether oxygens (including phenoxy) is 1. The zero-order chi connectivity index (χ0) is 22.2. The van der Waals surface area contributed by atoms with Crippen molar-refractivity contribution < 1.29 is 22.7 Å². The summed E-state index contributed by atoms with van der Waals surface area (Å²) in [5.41, 5.74) is 1.21. The molecule has 0 saturated heterocycles. The lowest BCUT2D eigenvalue weighted by Gasteiger charge is -2.24. The standard InChI is InChI=1S/C20H24N4O5S2/c1-3-29-20(26)24-11-10-16-17(12-24)30-19(21-16)22-18(25)13-4-8-15(9-5-13)31(27,28)23(2)14-6-7-14/h4-5,8-9,14H,3,6-7,10-12H2,1-2H3,(H,21,22,25). The fraction of sp³-hybridized carbons (Fsp3) is 0.450. The van der Waals surface area contributed by atoms with E-state index in [1.165, 1.54) is 39.9 Å². The Balaban J connectivity index is 1.42. The quantitative estimate of drug-likeness (QED) is 0.704. The molecule has 2 aromatic rings. The number of carbonyl (C=O) groups excluding carboxylic acids is 2. The second-order valence-corrected chi connectivity index (χ2v) is 10.6. The van der Waals surface area contributed by atoms with Crippen molar-refractivity contribution in [3.8, 4) is 0 Å². The van der Waals surface area contributed by atoms with Crippen LogP contribution >= 0.6 is 11.3 Å². The molecule has 1 saturated carbocycles. The van der Waals surface area contributed by atoms with E-state index in [0.717, 1.165) is 23.4 Å². The molecular formula is C20H24N4O5S2. The molecule has 1 N–H and O–H groups in total. The van der Waals surface area contributed by atoms with Gasteiger partial charge >= 0.3 is 6.09 Å². The van der Waals surface area contributed by atoms with Gasteiger partial charge in [-0.25, -0.2) is 18.2 Å². The van der Waals surface area contributed by atoms with E-state index in [9.17, 15) is 18.0 Å². The fourth-order valence-corrected chi connectivity index (χ4v) is 5.80. The van der Waals surface area contributed by atoms with E-state index in [4.69, 9.17) is 4.74 Å². The minimum absolute atomic E-state index is 0.0728. The SMILES string of the molecule is CCOC(=O)N1CCc2nc(NC(=O)c3ccc(S(=O)(=O)N(C)C4CC4)cc3)sc2C1. The van der Waals surface area contributed by atoms with E-state index in [2.05, 4.69) is 10.3 Å². The van der Waals surface area contributed by atoms with E-state index in [0.29, 0.717) is 36.8 Å². The van der Waals surface area contributed by atoms with Crippen LogP contribution in [0.3, 0.4) is 0 Å². The highest BCUT2D eigenvalue weighted by molar-refractivity contribution is 7.89. The van der Waals surface area contributed by atoms with Crippen molar-refractivity contribution in [2.24, 2.45) is 0 Å². The lowest BCUT2D eigenvalue weighted by Crippen LogP contribution is -2.35. The summed E-state index contributed by atoms with van der Waals surface area (Å²) in [6.07, 6.45) is 2.01. The zero-order valence-electron chi connectivity index (χ0n) is 17.3. The molecule has 2 heterocycles. The number of anilines is 1. The van der Waals surface area contributed by atoms with Crippen molar-refractivity contribution >= 4 is 38.5 Å². The number of sulfonamides is 1. The van der Waals surface area contributed by atoms with Gasteiger partial charge in [-0.1, -0.05) is 11.3 Å². The molecule has 0 spiro atoms. The summed E-state index contributed by atoms with van der Waals surface area (Å²) < 4.78 is 31.6. The highest BCUT2D eigenvalue weighted by Gasteiger charge is 2.35. The molecule has 0 radical (unpaired) electrons. The van der Waals surface area contributed by atoms with Gasteiger partial charge in [0.25, 0.3) is 5.91 Å². The number of amides is 2. The van der Waals surface area contributed by atoms with Gasteiger partial charge in [0.1, 0.15) is 0 Å². The Bertz CT molecular complexity index is 1090. The number of aromatic nitrogens is 1. The molecule has 166 valence electrons. The van der Waals surface area contributed by atoms with Crippen LogP contribution in [0.2, 0.25) is 0 Å². The van der Waals surface area contributed by atoms with Crippen LogP contribution in [-0.4, -0.2) is 60.8 Å². The van der Waals surface area contributed by atoms with E-state index >= 15 is 0 Å². The Morgan fingerprint density at radius 2 is 2.00 bits per heavy atom. The van der Waals surface area contributed by atoms with Crippen molar-refractivity contribution in [3.05, 3.63) is 40.4 Å². The highest BCUT2D eigenvalue weighted by atomic mass is 32.2. The first kappa shape index (κ1) is 21.7. The van der Waals surface area contributed by atoms with Crippen LogP contribution in [-0.2, 0) is 27.7 Å². The average molecular weight is 465 g/mol. The maximum Gasteiger partial charge on any atom is 0.410 e. The van der Waals surface area contributed by atoms with Crippen molar-refractivity contribution in [2.45, 2.75) is 43.7 Å². The molecule has 1 aliphatic heterocycles. The minimum atomic E-state index is -3.55. The van der Waals surface area contributed by atoms with Crippen LogP contribution in [0.1, 0.15) is 40.7 Å². The molecule has 2 aliphatic rings. The predicted molar refractivity (Wildman–Crippen MR) is 116 cm³/mol. The summed E-state index contributed by atoms with van der Waals surface area (Å²) in [4.78, 5) is 31.7. The molecule has 0 atom stereocenters. The second kappa shape index (κ2) is 8.56. The number of nitrogens with zero attached hydrogens (tertiary/aromatic N) is 3. The maximum atomic E-state index is 12.6. The Labute approximate surface area is 185 Å². The molecule has 1 aliphatic carbocycles. The average Bonchev–Trinajstić information content (AvgIpc) is 3.52. The maximum absolute atomic E-state index is 12.6. The Morgan fingerprint density at radius 1 is 1.29 bits per heavy atom. The number of benzene rings is 1. The van der Waals surface area contributed by atoms with Crippen LogP contribution < -0.4 is 5.32 Å². The summed E-state index contributed by atoms with van der Waals surface area (Å²) in [7, 11) is -1.96. The highest BCUT2D eigenvalue weighted by Crippen LogP contribution is 2.31. The monoisotopic (exact) mass is 464 g/mol. The Morgan fingerprint density at radius 3 is 2.65 bits per heavy atom. The van der Waals surface area contributed by atoms with Crippen LogP contribution in [0.15, 0.2) is 29.2 Å². The first-order chi connectivity index (χ1) is 14.8. The van der Waals surface area contributed by atoms with Gasteiger partial charge in [0.2, 0.25) is 10.0 Å². The summed E-state index contributed by atoms with van der Waals surface area (Å²) in [5, 5.41) is 3.22. The number of thiazole rings is 1. The topological polar surface area (TPSA) is 109 Å². The number of hydrogen-bond acceptors (Lipinski definition) is 7. The van der Waals surface area contributed by atoms with Crippen molar-refractivity contribution in [1.82, 2.24) is 14.2 Å². The summed E-state index contributed by atoms with van der Waals surface area (Å²) in [6, 6.07) is 5.97. The lowest BCUT2D eigenvalue weighted by atomic mass is 10.2. The third-order valence-electron chi connectivity index (χ3n) is 5.33. The van der Waals surface area contributed by atoms with Gasteiger partial charge in [-0.15, -0.1) is 0 Å². The van der Waals surface area contributed by atoms with Crippen LogP contribution in [0, 0.1) is 0 Å². The molecule has 31 heavy (non-hydrogen) atoms. The Hall–Kier alpha value is -2.50. The molecule has 9 nitrogen and oxygen atoms in total. The first-order valence-corrected chi connectivity index (χ1v) is 12.3. The normalized spacial score (nSPS) is 16.2. The number of carbonyl (C=O) groups is 2. The van der Waals surface area contributed by atoms with E-state index in [1.54, 1.807) is 18.9 Å². The summed E-state index contributed by atoms with van der Waals surface area (Å²) in [6.45, 7) is 3.01. The number of hydrogen-bond donors (Lipinski definition) is 1. The molecular weight excluding hydrogens is 440 g/mol. The third-order valence-corrected chi connectivity index (χ3v) is 8.25. The second-order valence-electron chi connectivity index (χ2n) is 7.49. The molecule has 2 amide bonds. The Kier molecular flexibility index (Phi) is 6.00. The van der Waals surface area contributed by atoms with Gasteiger partial charge in [0.05, 0.1) is 23.7 Å². The first-order valence-electron chi connectivity index (χ1n) is 10.1. The molecule has 4 rings (SSSR count). The fourth-order valence-electron chi connectivity index (χ4n) is 3.37. The molecule has 1 fully saturated rings. The number of rotatable bonds is 6. The molecule has 11 heteroatoms.